The largest absolute Gasteiger partial charge is 0.665 e. The SMILES string of the molecule is CC(C)([CH]=[W]=[N]c1c(Cl)cccc1Cl)c1ccccc1.CC(C)([CH]=[W]=[N]c1c(Cl)cccc1Cl)c1ccccc1.CC(C)c1cccc(C(C)C)c1[N]=[Mo]=[CH]C(C)(C)c1ccccc1.Cc1c(Br)cc2c(c1-c1c(O)c(Br)cc3c1CCCC3)CCCC2.Cc1c(Br)cc2c(c1-c1c(O)c(Br)cc3c1CCCC3)CCCC2.Cc1cc(Br)c(O)c(Br)c1.Cc1cc(Br)c(O)c(Br)c1.Cc1ccc(C)[n-]1.Cc1ccc(C)[n-]1. The smallest absolute Gasteiger partial charge is 0.143 e. The van der Waals surface area contributed by atoms with E-state index >= 15 is 0 Å². The van der Waals surface area contributed by atoms with Gasteiger partial charge in [0.25, 0.3) is 0 Å². The topological polar surface area (TPSA) is 146 Å². The van der Waals surface area contributed by atoms with Crippen LogP contribution in [0.25, 0.3) is 22.3 Å². The third kappa shape index (κ3) is 35.0. The van der Waals surface area contributed by atoms with E-state index in [0.717, 1.165) is 135 Å². The van der Waals surface area contributed by atoms with Crippen molar-refractivity contribution in [1.82, 2.24) is 9.97 Å². The number of benzene rings is 12. The number of nitrogens with zero attached hydrogens (tertiary/aromatic N) is 5. The average Bonchev–Trinajstić information content (AvgIpc) is 0.772. The summed E-state index contributed by atoms with van der Waals surface area (Å²) in [7, 11) is 0. The molecule has 4 aliphatic carbocycles. The minimum Gasteiger partial charge on any atom is -0.665 e. The number of rotatable bonds is 13. The summed E-state index contributed by atoms with van der Waals surface area (Å²) in [6.45, 7) is 38.8. The van der Waals surface area contributed by atoms with Crippen molar-refractivity contribution < 1.29 is 74.2 Å². The van der Waals surface area contributed by atoms with Crippen LogP contribution in [0.15, 0.2) is 265 Å². The molecule has 146 heavy (non-hydrogen) atoms. The fourth-order valence-electron chi connectivity index (χ4n) is 17.7. The molecule has 0 spiro atoms. The fraction of sp³-hybridized carbons (Fsp3) is 0.320. The molecule has 4 aliphatic rings. The number of aromatic hydroxyl groups is 4. The van der Waals surface area contributed by atoms with Crippen LogP contribution in [0.3, 0.4) is 0 Å². The summed E-state index contributed by atoms with van der Waals surface area (Å²) in [5.74, 6) is 2.37. The molecule has 0 saturated heterocycles. The van der Waals surface area contributed by atoms with Crippen LogP contribution in [0.2, 0.25) is 20.1 Å². The van der Waals surface area contributed by atoms with E-state index in [0.29, 0.717) is 43.4 Å². The number of aryl methyl sites for hydroxylation is 10. The van der Waals surface area contributed by atoms with Crippen LogP contribution < -0.4 is 9.97 Å². The predicted molar refractivity (Wildman–Crippen MR) is 639 cm³/mol. The maximum atomic E-state index is 11.0. The van der Waals surface area contributed by atoms with Gasteiger partial charge < -0.3 is 30.4 Å². The van der Waals surface area contributed by atoms with Crippen molar-refractivity contribution in [3.8, 4) is 45.3 Å². The van der Waals surface area contributed by atoms with E-state index in [1.807, 2.05) is 139 Å². The Hall–Kier alpha value is -5.53. The minimum absolute atomic E-state index is 0.0309. The first-order chi connectivity index (χ1) is 69.3. The molecule has 0 fully saturated rings. The van der Waals surface area contributed by atoms with Crippen LogP contribution >= 0.6 is 174 Å². The summed E-state index contributed by atoms with van der Waals surface area (Å²) in [4.78, 5) is 8.22. The summed E-state index contributed by atoms with van der Waals surface area (Å²) < 4.78 is 28.5. The molecule has 0 atom stereocenters. The van der Waals surface area contributed by atoms with E-state index in [9.17, 15) is 20.4 Å². The second kappa shape index (κ2) is 58.7. The molecule has 2 heterocycles. The van der Waals surface area contributed by atoms with Gasteiger partial charge in [-0.3, -0.25) is 0 Å². The summed E-state index contributed by atoms with van der Waals surface area (Å²) >= 11 is 49.6. The number of aromatic nitrogens is 2. The summed E-state index contributed by atoms with van der Waals surface area (Å²) in [5.41, 5.74) is 35.0. The van der Waals surface area contributed by atoms with Crippen molar-refractivity contribution in [3.63, 3.8) is 0 Å². The number of fused-ring (bicyclic) bond motifs is 4. The predicted octanol–water partition coefficient (Wildman–Crippen LogP) is 40.2. The van der Waals surface area contributed by atoms with Gasteiger partial charge in [-0.15, -0.1) is 0 Å². The molecule has 12 aromatic carbocycles. The Morgan fingerprint density at radius 1 is 0.315 bits per heavy atom. The molecule has 18 rings (SSSR count). The molecule has 4 N–H and O–H groups in total. The van der Waals surface area contributed by atoms with Gasteiger partial charge in [-0.2, -0.15) is 22.8 Å². The Bertz CT molecular complexity index is 6430. The van der Waals surface area contributed by atoms with Gasteiger partial charge in [-0.1, -0.05) is 83.8 Å². The number of halogens is 12. The van der Waals surface area contributed by atoms with Crippen LogP contribution in [0, 0.1) is 55.4 Å². The van der Waals surface area contributed by atoms with Gasteiger partial charge >= 0.3 is 432 Å². The van der Waals surface area contributed by atoms with Crippen molar-refractivity contribution in [2.75, 3.05) is 0 Å². The molecular weight excluding hydrogens is 2840 g/mol. The van der Waals surface area contributed by atoms with Crippen LogP contribution in [0.4, 0.5) is 17.1 Å². The molecular formula is C122H131Br8Cl4MoN5O4W2-2. The van der Waals surface area contributed by atoms with Crippen LogP contribution in [-0.2, 0) is 121 Å². The van der Waals surface area contributed by atoms with Gasteiger partial charge in [0.15, 0.2) is 0 Å². The van der Waals surface area contributed by atoms with Gasteiger partial charge in [-0.25, -0.2) is 0 Å². The summed E-state index contributed by atoms with van der Waals surface area (Å²) in [5, 5.41) is 42.9. The van der Waals surface area contributed by atoms with Crippen molar-refractivity contribution in [3.05, 3.63) is 392 Å². The first-order valence-electron chi connectivity index (χ1n) is 49.2. The van der Waals surface area contributed by atoms with Gasteiger partial charge in [0.1, 0.15) is 23.0 Å². The Labute approximate surface area is 979 Å². The zero-order chi connectivity index (χ0) is 107. The molecule has 0 radical (unpaired) electrons. The monoisotopic (exact) mass is 2970 g/mol. The Balaban J connectivity index is 0.000000173. The third-order valence-corrected chi connectivity index (χ3v) is 41.7. The van der Waals surface area contributed by atoms with Gasteiger partial charge in [-0.05, 0) is 352 Å². The van der Waals surface area contributed by atoms with Crippen LogP contribution in [0.5, 0.6) is 23.0 Å². The van der Waals surface area contributed by atoms with E-state index in [1.54, 1.807) is 0 Å². The number of phenolic OH excluding ortho intramolecular Hbond substituents is 4. The minimum atomic E-state index is -1.01. The molecule has 24 heteroatoms. The Morgan fingerprint density at radius 3 is 0.856 bits per heavy atom. The molecule has 0 amide bonds. The first kappa shape index (κ1) is 122. The summed E-state index contributed by atoms with van der Waals surface area (Å²) in [6, 6.07) is 73.7. The maximum Gasteiger partial charge on any atom is 0.143 e. The maximum absolute atomic E-state index is 11.0. The average molecular weight is 2980 g/mol. The van der Waals surface area contributed by atoms with Crippen LogP contribution in [-0.4, -0.2) is 33.6 Å². The molecule has 0 aliphatic heterocycles. The van der Waals surface area contributed by atoms with Crippen molar-refractivity contribution >= 4 is 204 Å². The molecule has 0 saturated carbocycles. The normalized spacial score (nSPS) is 12.7. The van der Waals surface area contributed by atoms with Crippen molar-refractivity contribution in [2.24, 2.45) is 10.5 Å². The second-order valence-corrected chi connectivity index (χ2v) is 53.8. The van der Waals surface area contributed by atoms with Gasteiger partial charge in [0.2, 0.25) is 0 Å². The first-order valence-corrected chi connectivity index (χ1v) is 65.1. The third-order valence-electron chi connectivity index (χ3n) is 25.7. The number of hydrogen-bond acceptors (Lipinski definition) is 7. The van der Waals surface area contributed by atoms with Crippen molar-refractivity contribution in [2.45, 2.75) is 255 Å². The second-order valence-electron chi connectivity index (χ2n) is 39.3. The van der Waals surface area contributed by atoms with E-state index < -0.39 is 53.8 Å². The van der Waals surface area contributed by atoms with Crippen molar-refractivity contribution in [1.29, 1.82) is 0 Å². The Kier molecular flexibility index (Phi) is 49.2. The van der Waals surface area contributed by atoms with E-state index in [2.05, 4.69) is 362 Å². The number of hydrogen-bond donors (Lipinski definition) is 4. The Morgan fingerprint density at radius 2 is 0.575 bits per heavy atom. The number of phenols is 4. The van der Waals surface area contributed by atoms with E-state index in [1.165, 1.54) is 161 Å². The zero-order valence-corrected chi connectivity index (χ0v) is 110. The molecule has 772 valence electrons. The van der Waals surface area contributed by atoms with E-state index in [-0.39, 0.29) is 27.7 Å². The zero-order valence-electron chi connectivity index (χ0n) is 86.3. The quantitative estimate of drug-likeness (QED) is 0.0846. The molecule has 0 unspecified atom stereocenters. The molecule has 0 bridgehead atoms. The molecule has 14 aromatic rings. The molecule has 2 aromatic heterocycles. The summed E-state index contributed by atoms with van der Waals surface area (Å²) in [6.07, 6.45) is 18.9. The fourth-order valence-corrected chi connectivity index (χ4v) is 31.5. The van der Waals surface area contributed by atoms with Gasteiger partial charge in [0, 0.05) is 20.1 Å². The molecule has 9 nitrogen and oxygen atoms in total. The standard InChI is InChI=1S/2C21H22Br2O.C12H17N.3C10H12.2C7H6Br2O.2C6H3Cl2N.2C6H8N.Mo.2W/c2*1-12-17(22)10-13-6-2-4-8-15(13)19(12)20-16-9-5-3-7-14(16)11-18(23)21(20)24;1-8(2)10-6-5-7-11(9(3)4)12(10)13;3*1-10(2,3)9-7-5-4-6-8-9;2*1-4-2-5(8)7(10)6(9)3-4;2*7-4-2-1-3-5(8)6(4)9;2*1-5-3-4-6(2)7-5;;;/h2*10-11,24H,2-9H2,1H3;5-9H,1-4H3;3*1,4-8H,2-3H3;2*2-3,10H,1H3;2*1-3H;2*3-4H,1-2H3;;;/q;;;;;;;;;;2*-1;;;. The van der Waals surface area contributed by atoms with Crippen LogP contribution in [0.1, 0.15) is 250 Å². The van der Waals surface area contributed by atoms with Gasteiger partial charge in [0.05, 0.1) is 26.8 Å². The van der Waals surface area contributed by atoms with E-state index in [4.69, 9.17) is 49.9 Å².